The molecule has 3 aliphatic heterocycles. The Morgan fingerprint density at radius 1 is 0.962 bits per heavy atom. The molecule has 0 N–H and O–H groups in total. The molecular weight excluding hydrogens is 324 g/mol. The average Bonchev–Trinajstić information content (AvgIpc) is 2.71. The number of carbonyl (C=O) groups is 2. The van der Waals surface area contributed by atoms with Crippen molar-refractivity contribution < 1.29 is 9.59 Å². The summed E-state index contributed by atoms with van der Waals surface area (Å²) in [6.07, 6.45) is 4.00. The maximum Gasteiger partial charge on any atom is 0.225 e. The van der Waals surface area contributed by atoms with Gasteiger partial charge in [0, 0.05) is 24.4 Å². The standard InChI is InChI=1S/C16H26N2O2.3C2H6/c1-3-17-6-4-14(5-7-17)15(20)18-10-13-8-16(9-13,11-18)12(2)19;3*1-2/h13-14H,3-11H2,1-2H3;3*1-2H3. The van der Waals surface area contributed by atoms with Gasteiger partial charge in [-0.2, -0.15) is 0 Å². The van der Waals surface area contributed by atoms with Gasteiger partial charge in [0.25, 0.3) is 0 Å². The average molecular weight is 369 g/mol. The summed E-state index contributed by atoms with van der Waals surface area (Å²) in [5.41, 5.74) is -0.178. The van der Waals surface area contributed by atoms with E-state index >= 15 is 0 Å². The molecule has 0 spiro atoms. The number of Topliss-reactive ketones (excluding diaryl/α,β-unsaturated/α-hetero) is 1. The molecule has 0 aromatic rings. The Bertz CT molecular complexity index is 408. The number of likely N-dealkylation sites (tertiary alicyclic amines) is 1. The molecule has 0 unspecified atom stereocenters. The van der Waals surface area contributed by atoms with Gasteiger partial charge >= 0.3 is 0 Å². The summed E-state index contributed by atoms with van der Waals surface area (Å²) in [5, 5.41) is 0. The number of nitrogens with zero attached hydrogens (tertiary/aromatic N) is 2. The maximum atomic E-state index is 12.7. The Morgan fingerprint density at radius 2 is 1.46 bits per heavy atom. The molecule has 4 nitrogen and oxygen atoms in total. The van der Waals surface area contributed by atoms with Crippen molar-refractivity contribution in [2.45, 2.75) is 81.1 Å². The van der Waals surface area contributed by atoms with Gasteiger partial charge in [0.15, 0.2) is 0 Å². The largest absolute Gasteiger partial charge is 0.341 e. The first kappa shape index (κ1) is 25.1. The second-order valence-electron chi connectivity index (χ2n) is 7.04. The molecule has 1 amide bonds. The minimum absolute atomic E-state index is 0.178. The van der Waals surface area contributed by atoms with Crippen molar-refractivity contribution in [1.29, 1.82) is 0 Å². The number of hydrogen-bond acceptors (Lipinski definition) is 3. The van der Waals surface area contributed by atoms with E-state index in [0.29, 0.717) is 18.4 Å². The summed E-state index contributed by atoms with van der Waals surface area (Å²) in [4.78, 5) is 28.9. The van der Waals surface area contributed by atoms with E-state index in [2.05, 4.69) is 11.8 Å². The van der Waals surface area contributed by atoms with E-state index in [1.54, 1.807) is 6.92 Å². The highest BCUT2D eigenvalue weighted by atomic mass is 16.2. The molecule has 0 aromatic carbocycles. The van der Waals surface area contributed by atoms with Crippen molar-refractivity contribution in [1.82, 2.24) is 9.80 Å². The fraction of sp³-hybridized carbons (Fsp3) is 0.909. The normalized spacial score (nSPS) is 27.4. The summed E-state index contributed by atoms with van der Waals surface area (Å²) in [6.45, 7) is 20.6. The molecule has 0 radical (unpaired) electrons. The molecular formula is C22H44N2O2. The van der Waals surface area contributed by atoms with Gasteiger partial charge in [0.05, 0.1) is 0 Å². The van der Waals surface area contributed by atoms with Gasteiger partial charge in [-0.15, -0.1) is 0 Å². The molecule has 1 aliphatic carbocycles. The third kappa shape index (κ3) is 5.80. The summed E-state index contributed by atoms with van der Waals surface area (Å²) in [7, 11) is 0. The highest BCUT2D eigenvalue weighted by molar-refractivity contribution is 5.86. The lowest BCUT2D eigenvalue weighted by atomic mass is 9.57. The third-order valence-electron chi connectivity index (χ3n) is 5.77. The highest BCUT2D eigenvalue weighted by Gasteiger charge is 2.54. The number of carbonyl (C=O) groups excluding carboxylic acids is 2. The van der Waals surface area contributed by atoms with Crippen LogP contribution in [0.5, 0.6) is 0 Å². The quantitative estimate of drug-likeness (QED) is 0.729. The SMILES string of the molecule is CC.CC.CC.CCN1CCC(C(=O)N2CC3CC(C(C)=O)(C3)C2)CC1. The number of fused-ring (bicyclic) bond motifs is 2. The second kappa shape index (κ2) is 12.5. The molecule has 2 bridgehead atoms. The number of ketones is 1. The molecule has 26 heavy (non-hydrogen) atoms. The van der Waals surface area contributed by atoms with Gasteiger partial charge in [-0.25, -0.2) is 0 Å². The lowest BCUT2D eigenvalue weighted by Gasteiger charge is -2.55. The van der Waals surface area contributed by atoms with Gasteiger partial charge in [0.1, 0.15) is 5.78 Å². The number of rotatable bonds is 3. The summed E-state index contributed by atoms with van der Waals surface area (Å²) in [5.74, 6) is 1.37. The minimum atomic E-state index is -0.178. The van der Waals surface area contributed by atoms with Crippen LogP contribution in [0.25, 0.3) is 0 Å². The monoisotopic (exact) mass is 368 g/mol. The predicted molar refractivity (Wildman–Crippen MR) is 111 cm³/mol. The van der Waals surface area contributed by atoms with Crippen LogP contribution >= 0.6 is 0 Å². The van der Waals surface area contributed by atoms with Crippen molar-refractivity contribution >= 4 is 11.7 Å². The number of hydrogen-bond donors (Lipinski definition) is 0. The first-order valence-electron chi connectivity index (χ1n) is 11.1. The first-order chi connectivity index (χ1) is 12.5. The summed E-state index contributed by atoms with van der Waals surface area (Å²) in [6, 6.07) is 0. The predicted octanol–water partition coefficient (Wildman–Crippen LogP) is 4.62. The Balaban J connectivity index is 0.000000948. The molecule has 0 atom stereocenters. The lowest BCUT2D eigenvalue weighted by Crippen LogP contribution is -2.61. The van der Waals surface area contributed by atoms with E-state index < -0.39 is 0 Å². The Morgan fingerprint density at radius 3 is 1.88 bits per heavy atom. The van der Waals surface area contributed by atoms with E-state index in [1.165, 1.54) is 0 Å². The third-order valence-corrected chi connectivity index (χ3v) is 5.77. The van der Waals surface area contributed by atoms with Gasteiger partial charge in [-0.3, -0.25) is 9.59 Å². The van der Waals surface area contributed by atoms with Crippen molar-refractivity contribution in [3.63, 3.8) is 0 Å². The smallest absolute Gasteiger partial charge is 0.225 e. The molecule has 4 aliphatic rings. The fourth-order valence-electron chi connectivity index (χ4n) is 4.37. The van der Waals surface area contributed by atoms with Crippen molar-refractivity contribution in [2.75, 3.05) is 32.7 Å². The zero-order valence-corrected chi connectivity index (χ0v) is 18.7. The zero-order chi connectivity index (χ0) is 20.3. The molecule has 3 heterocycles. The van der Waals surface area contributed by atoms with Crippen LogP contribution in [-0.2, 0) is 9.59 Å². The lowest BCUT2D eigenvalue weighted by molar-refractivity contribution is -0.158. The van der Waals surface area contributed by atoms with E-state index in [-0.39, 0.29) is 17.1 Å². The van der Waals surface area contributed by atoms with E-state index in [1.807, 2.05) is 46.4 Å². The minimum Gasteiger partial charge on any atom is -0.341 e. The van der Waals surface area contributed by atoms with Crippen LogP contribution in [0.3, 0.4) is 0 Å². The van der Waals surface area contributed by atoms with Crippen molar-refractivity contribution in [2.24, 2.45) is 17.3 Å². The van der Waals surface area contributed by atoms with Crippen LogP contribution < -0.4 is 0 Å². The fourth-order valence-corrected chi connectivity index (χ4v) is 4.37. The van der Waals surface area contributed by atoms with Crippen LogP contribution in [0, 0.1) is 17.3 Å². The molecule has 3 saturated heterocycles. The molecule has 4 rings (SSSR count). The molecule has 154 valence electrons. The summed E-state index contributed by atoms with van der Waals surface area (Å²) < 4.78 is 0. The molecule has 4 heteroatoms. The molecule has 1 saturated carbocycles. The Kier molecular flexibility index (Phi) is 12.0. The van der Waals surface area contributed by atoms with Crippen LogP contribution in [0.4, 0.5) is 0 Å². The Labute approximate surface area is 162 Å². The van der Waals surface area contributed by atoms with Gasteiger partial charge in [-0.1, -0.05) is 48.5 Å². The highest BCUT2D eigenvalue weighted by Crippen LogP contribution is 2.51. The van der Waals surface area contributed by atoms with Crippen molar-refractivity contribution in [3.8, 4) is 0 Å². The molecule has 0 aromatic heterocycles. The zero-order valence-electron chi connectivity index (χ0n) is 18.7. The second-order valence-corrected chi connectivity index (χ2v) is 7.04. The van der Waals surface area contributed by atoms with Crippen LogP contribution in [0.2, 0.25) is 0 Å². The summed E-state index contributed by atoms with van der Waals surface area (Å²) >= 11 is 0. The molecule has 4 fully saturated rings. The van der Waals surface area contributed by atoms with E-state index in [4.69, 9.17) is 0 Å². The van der Waals surface area contributed by atoms with Crippen molar-refractivity contribution in [3.05, 3.63) is 0 Å². The van der Waals surface area contributed by atoms with Crippen LogP contribution in [0.15, 0.2) is 0 Å². The van der Waals surface area contributed by atoms with E-state index in [0.717, 1.165) is 51.9 Å². The van der Waals surface area contributed by atoms with Gasteiger partial charge in [-0.05, 0) is 58.2 Å². The van der Waals surface area contributed by atoms with Crippen LogP contribution in [-0.4, -0.2) is 54.2 Å². The van der Waals surface area contributed by atoms with Gasteiger partial charge < -0.3 is 9.80 Å². The first-order valence-corrected chi connectivity index (χ1v) is 11.1. The van der Waals surface area contributed by atoms with Crippen LogP contribution in [0.1, 0.15) is 81.1 Å². The van der Waals surface area contributed by atoms with E-state index in [9.17, 15) is 9.59 Å². The Hall–Kier alpha value is -0.900. The van der Waals surface area contributed by atoms with Gasteiger partial charge in [0.2, 0.25) is 5.91 Å². The number of piperidine rings is 3. The number of amides is 1. The maximum absolute atomic E-state index is 12.7. The topological polar surface area (TPSA) is 40.6 Å².